The molecule has 1 amide bonds. The fourth-order valence-electron chi connectivity index (χ4n) is 7.91. The molecule has 0 bridgehead atoms. The minimum absolute atomic E-state index is 0.0182. The van der Waals surface area contributed by atoms with Crippen LogP contribution in [0.4, 0.5) is 19.4 Å². The van der Waals surface area contributed by atoms with Crippen LogP contribution in [0.15, 0.2) is 24.3 Å². The maximum absolute atomic E-state index is 16.7. The number of nitrogens with one attached hydrogen (secondary N) is 1. The van der Waals surface area contributed by atoms with Crippen molar-refractivity contribution in [2.24, 2.45) is 0 Å². The Hall–Kier alpha value is -3.44. The summed E-state index contributed by atoms with van der Waals surface area (Å²) in [6.07, 6.45) is 4.18. The highest BCUT2D eigenvalue weighted by Crippen LogP contribution is 2.50. The Balaban J connectivity index is 1.23. The first-order valence-corrected chi connectivity index (χ1v) is 15.9. The van der Waals surface area contributed by atoms with E-state index in [4.69, 9.17) is 26.1 Å². The molecule has 3 aromatic rings. The van der Waals surface area contributed by atoms with Gasteiger partial charge in [-0.2, -0.15) is 9.97 Å². The van der Waals surface area contributed by atoms with Crippen molar-refractivity contribution in [3.05, 3.63) is 40.7 Å². The fourth-order valence-corrected chi connectivity index (χ4v) is 8.28. The molecule has 4 aliphatic heterocycles. The van der Waals surface area contributed by atoms with Crippen molar-refractivity contribution < 1.29 is 28.2 Å². The van der Waals surface area contributed by atoms with Crippen molar-refractivity contribution in [3.8, 4) is 22.9 Å². The predicted molar refractivity (Wildman–Crippen MR) is 161 cm³/mol. The van der Waals surface area contributed by atoms with Crippen molar-refractivity contribution in [2.45, 2.75) is 68.2 Å². The Kier molecular flexibility index (Phi) is 6.57. The van der Waals surface area contributed by atoms with Crippen LogP contribution in [0.25, 0.3) is 22.0 Å². The number of alkyl carbamates (subject to hydrolysis) is 1. The second-order valence-electron chi connectivity index (χ2n) is 13.1. The van der Waals surface area contributed by atoms with Gasteiger partial charge in [0.05, 0.1) is 18.6 Å². The number of anilines is 1. The zero-order chi connectivity index (χ0) is 30.2. The van der Waals surface area contributed by atoms with E-state index in [9.17, 15) is 14.3 Å². The van der Waals surface area contributed by atoms with E-state index in [-0.39, 0.29) is 35.4 Å². The normalized spacial score (nSPS) is 28.5. The molecule has 2 N–H and O–H groups in total. The highest BCUT2D eigenvalue weighted by atomic mass is 35.5. The van der Waals surface area contributed by atoms with Crippen molar-refractivity contribution in [1.29, 1.82) is 0 Å². The van der Waals surface area contributed by atoms with Crippen molar-refractivity contribution >= 4 is 34.4 Å². The van der Waals surface area contributed by atoms with Gasteiger partial charge in [0.2, 0.25) is 0 Å². The van der Waals surface area contributed by atoms with Crippen LogP contribution in [0, 0.1) is 5.82 Å². The molecule has 0 unspecified atom stereocenters. The number of nitrogens with zero attached hydrogens (tertiary/aromatic N) is 4. The molecule has 5 heterocycles. The number of piperidine rings is 1. The molecule has 0 radical (unpaired) electrons. The third-order valence-corrected chi connectivity index (χ3v) is 10.4. The first kappa shape index (κ1) is 28.1. The highest BCUT2D eigenvalue weighted by Gasteiger charge is 2.49. The summed E-state index contributed by atoms with van der Waals surface area (Å²) in [5, 5.41) is 14.1. The SMILES string of the molecule is O=C1NC[C@]2(CCCN(c3nc(OC[C@@]45CCCN4C[C@H](F)C5)nc4c(F)c(-c5cc(O)cc(Cl)c5C5CC5)ccc34)C2)O1. The van der Waals surface area contributed by atoms with Crippen molar-refractivity contribution in [3.63, 3.8) is 0 Å². The first-order chi connectivity index (χ1) is 21.2. The number of carbonyl (C=O) groups excluding carboxylic acids is 1. The third-order valence-electron chi connectivity index (χ3n) is 10.1. The zero-order valence-electron chi connectivity index (χ0n) is 24.3. The molecular formula is C32H34ClF2N5O4. The summed E-state index contributed by atoms with van der Waals surface area (Å²) in [6.45, 7) is 2.82. The molecule has 8 rings (SSSR count). The Bertz CT molecular complexity index is 1670. The number of hydrogen-bond acceptors (Lipinski definition) is 8. The minimum atomic E-state index is -0.908. The molecule has 1 spiro atoms. The van der Waals surface area contributed by atoms with Gasteiger partial charge in [0.1, 0.15) is 35.5 Å². The lowest BCUT2D eigenvalue weighted by atomic mass is 9.92. The number of hydrogen-bond donors (Lipinski definition) is 2. The number of amides is 1. The lowest BCUT2D eigenvalue weighted by Gasteiger charge is -2.39. The number of rotatable bonds is 6. The number of halogens is 3. The quantitative estimate of drug-likeness (QED) is 0.360. The van der Waals surface area contributed by atoms with Crippen molar-refractivity contribution in [1.82, 2.24) is 20.2 Å². The Morgan fingerprint density at radius 2 is 2.00 bits per heavy atom. The lowest BCUT2D eigenvalue weighted by molar-refractivity contribution is 0.0445. The molecule has 2 aromatic carbocycles. The van der Waals surface area contributed by atoms with Crippen LogP contribution in [0.2, 0.25) is 5.02 Å². The minimum Gasteiger partial charge on any atom is -0.508 e. The van der Waals surface area contributed by atoms with E-state index < -0.39 is 29.2 Å². The Labute approximate surface area is 258 Å². The molecule has 1 saturated carbocycles. The lowest BCUT2D eigenvalue weighted by Crippen LogP contribution is -2.51. The fraction of sp³-hybridized carbons (Fsp3) is 0.531. The molecule has 1 aromatic heterocycles. The summed E-state index contributed by atoms with van der Waals surface area (Å²) in [5.74, 6) is 0.0948. The van der Waals surface area contributed by atoms with Gasteiger partial charge in [-0.05, 0) is 80.3 Å². The van der Waals surface area contributed by atoms with E-state index in [0.29, 0.717) is 60.8 Å². The molecule has 44 heavy (non-hydrogen) atoms. The largest absolute Gasteiger partial charge is 0.508 e. The van der Waals surface area contributed by atoms with Gasteiger partial charge < -0.3 is 24.8 Å². The highest BCUT2D eigenvalue weighted by molar-refractivity contribution is 6.32. The monoisotopic (exact) mass is 625 g/mol. The molecule has 3 atom stereocenters. The maximum atomic E-state index is 16.7. The van der Waals surface area contributed by atoms with Gasteiger partial charge in [-0.3, -0.25) is 4.90 Å². The molecule has 232 valence electrons. The topological polar surface area (TPSA) is 100 Å². The number of fused-ring (bicyclic) bond motifs is 2. The number of phenols is 1. The van der Waals surface area contributed by atoms with Crippen LogP contribution in [-0.2, 0) is 4.74 Å². The Morgan fingerprint density at radius 3 is 2.80 bits per heavy atom. The van der Waals surface area contributed by atoms with Crippen LogP contribution in [0.1, 0.15) is 56.4 Å². The molecule has 5 fully saturated rings. The number of aromatic nitrogens is 2. The van der Waals surface area contributed by atoms with Gasteiger partial charge in [-0.1, -0.05) is 17.7 Å². The molecule has 4 saturated heterocycles. The van der Waals surface area contributed by atoms with Crippen LogP contribution in [0.5, 0.6) is 11.8 Å². The van der Waals surface area contributed by atoms with E-state index in [1.165, 1.54) is 6.07 Å². The van der Waals surface area contributed by atoms with E-state index in [1.807, 2.05) is 4.90 Å². The summed E-state index contributed by atoms with van der Waals surface area (Å²) in [5.41, 5.74) is 0.612. The average Bonchev–Trinajstić information content (AvgIpc) is 3.55. The maximum Gasteiger partial charge on any atom is 0.407 e. The van der Waals surface area contributed by atoms with Gasteiger partial charge in [0, 0.05) is 35.5 Å². The zero-order valence-corrected chi connectivity index (χ0v) is 25.0. The number of aromatic hydroxyl groups is 1. The van der Waals surface area contributed by atoms with E-state index in [0.717, 1.165) is 44.2 Å². The molecule has 5 aliphatic rings. The first-order valence-electron chi connectivity index (χ1n) is 15.5. The number of ether oxygens (including phenoxy) is 2. The van der Waals surface area contributed by atoms with Crippen molar-refractivity contribution in [2.75, 3.05) is 44.2 Å². The molecule has 9 nitrogen and oxygen atoms in total. The summed E-state index contributed by atoms with van der Waals surface area (Å²) in [7, 11) is 0. The average molecular weight is 626 g/mol. The molecule has 12 heteroatoms. The number of phenolic OH excluding ortho intramolecular Hbond substituents is 1. The van der Waals surface area contributed by atoms with E-state index in [2.05, 4.69) is 15.2 Å². The number of carbonyl (C=O) groups is 1. The second kappa shape index (κ2) is 10.3. The summed E-state index contributed by atoms with van der Waals surface area (Å²) < 4.78 is 43.1. The smallest absolute Gasteiger partial charge is 0.407 e. The Morgan fingerprint density at radius 1 is 1.16 bits per heavy atom. The van der Waals surface area contributed by atoms with Crippen LogP contribution in [-0.4, -0.2) is 82.7 Å². The number of alkyl halides is 1. The standard InChI is InChI=1S/C32H34ClF2N5O4/c33-24-12-20(41)11-23(25(24)18-3-4-18)21-5-6-22-27(26(21)35)37-29(43-17-31-7-1-10-40(31)14-19(34)13-31)38-28(22)39-9-2-8-32(16-39)15-36-30(42)44-32/h5-6,11-12,18-19,41H,1-4,7-10,13-17H2,(H,36,42)/t19-,31+,32+/m1/s1. The van der Waals surface area contributed by atoms with Gasteiger partial charge >= 0.3 is 12.1 Å². The van der Waals surface area contributed by atoms with Gasteiger partial charge in [-0.15, -0.1) is 0 Å². The summed E-state index contributed by atoms with van der Waals surface area (Å²) >= 11 is 6.56. The van der Waals surface area contributed by atoms with Gasteiger partial charge in [0.15, 0.2) is 5.82 Å². The summed E-state index contributed by atoms with van der Waals surface area (Å²) in [6, 6.07) is 6.56. The van der Waals surface area contributed by atoms with Crippen LogP contribution >= 0.6 is 11.6 Å². The van der Waals surface area contributed by atoms with E-state index >= 15 is 4.39 Å². The van der Waals surface area contributed by atoms with Gasteiger partial charge in [0.25, 0.3) is 0 Å². The second-order valence-corrected chi connectivity index (χ2v) is 13.5. The molecular weight excluding hydrogens is 592 g/mol. The van der Waals surface area contributed by atoms with Crippen LogP contribution < -0.4 is 15.0 Å². The summed E-state index contributed by atoms with van der Waals surface area (Å²) in [4.78, 5) is 25.6. The third kappa shape index (κ3) is 4.70. The predicted octanol–water partition coefficient (Wildman–Crippen LogP) is 5.71. The molecule has 1 aliphatic carbocycles. The number of benzene rings is 2. The van der Waals surface area contributed by atoms with E-state index in [1.54, 1.807) is 18.2 Å². The van der Waals surface area contributed by atoms with Crippen LogP contribution in [0.3, 0.4) is 0 Å². The van der Waals surface area contributed by atoms with Gasteiger partial charge in [-0.25, -0.2) is 13.6 Å².